The van der Waals surface area contributed by atoms with Crippen LogP contribution in [0.1, 0.15) is 0 Å². The van der Waals surface area contributed by atoms with Gasteiger partial charge in [0.15, 0.2) is 0 Å². The molecule has 0 aliphatic carbocycles. The standard InChI is InChI=1S/C54H37N/c1-2-15-41(16-3-1)50-27-12-20-42-21-13-28-52(54(42)50)51-25-8-9-29-53(51)55(46-34-32-39(33-35-46)44-31-30-38-14-4-5-18-43(38)36-44)47-23-10-22-45(37-47)49-26-11-19-40-17-6-7-24-48(40)49/h1-37H. The second-order valence-electron chi connectivity index (χ2n) is 14.1. The summed E-state index contributed by atoms with van der Waals surface area (Å²) in [6.45, 7) is 0. The summed E-state index contributed by atoms with van der Waals surface area (Å²) in [7, 11) is 0. The minimum Gasteiger partial charge on any atom is -0.310 e. The van der Waals surface area contributed by atoms with E-state index in [-0.39, 0.29) is 0 Å². The van der Waals surface area contributed by atoms with Crippen molar-refractivity contribution in [1.82, 2.24) is 0 Å². The number of fused-ring (bicyclic) bond motifs is 3. The monoisotopic (exact) mass is 699 g/mol. The molecule has 0 aliphatic rings. The molecule has 0 saturated heterocycles. The smallest absolute Gasteiger partial charge is 0.0540 e. The summed E-state index contributed by atoms with van der Waals surface area (Å²) in [4.78, 5) is 2.43. The minimum atomic E-state index is 1.09. The molecule has 0 heterocycles. The van der Waals surface area contributed by atoms with Crippen molar-refractivity contribution in [2.45, 2.75) is 0 Å². The van der Waals surface area contributed by atoms with Crippen LogP contribution in [0.3, 0.4) is 0 Å². The van der Waals surface area contributed by atoms with Crippen LogP contribution in [0.25, 0.3) is 76.8 Å². The van der Waals surface area contributed by atoms with Gasteiger partial charge in [-0.25, -0.2) is 0 Å². The zero-order valence-electron chi connectivity index (χ0n) is 30.3. The van der Waals surface area contributed by atoms with Crippen molar-refractivity contribution in [1.29, 1.82) is 0 Å². The van der Waals surface area contributed by atoms with E-state index in [2.05, 4.69) is 229 Å². The first-order valence-corrected chi connectivity index (χ1v) is 18.9. The molecule has 0 N–H and O–H groups in total. The zero-order chi connectivity index (χ0) is 36.6. The van der Waals surface area contributed by atoms with Gasteiger partial charge in [0, 0.05) is 16.9 Å². The number of hydrogen-bond acceptors (Lipinski definition) is 1. The van der Waals surface area contributed by atoms with Gasteiger partial charge in [-0.05, 0) is 108 Å². The molecule has 0 fully saturated rings. The molecule has 0 unspecified atom stereocenters. The summed E-state index contributed by atoms with van der Waals surface area (Å²) in [5, 5.41) is 7.45. The molecule has 0 spiro atoms. The molecule has 0 bridgehead atoms. The molecular formula is C54H37N. The lowest BCUT2D eigenvalue weighted by atomic mass is 9.90. The average Bonchev–Trinajstić information content (AvgIpc) is 3.26. The van der Waals surface area contributed by atoms with Gasteiger partial charge in [-0.2, -0.15) is 0 Å². The maximum Gasteiger partial charge on any atom is 0.0540 e. The van der Waals surface area contributed by atoms with E-state index in [4.69, 9.17) is 0 Å². The molecule has 10 aromatic carbocycles. The lowest BCUT2D eigenvalue weighted by Gasteiger charge is -2.29. The Labute approximate surface area is 322 Å². The number of rotatable bonds is 7. The Morgan fingerprint density at radius 1 is 0.255 bits per heavy atom. The highest BCUT2D eigenvalue weighted by Gasteiger charge is 2.20. The Bertz CT molecular complexity index is 2970. The normalized spacial score (nSPS) is 11.3. The van der Waals surface area contributed by atoms with E-state index in [0.29, 0.717) is 0 Å². The van der Waals surface area contributed by atoms with Crippen molar-refractivity contribution >= 4 is 49.4 Å². The second kappa shape index (κ2) is 14.0. The van der Waals surface area contributed by atoms with Crippen molar-refractivity contribution in [3.8, 4) is 44.5 Å². The molecule has 258 valence electrons. The van der Waals surface area contributed by atoms with Gasteiger partial charge in [-0.3, -0.25) is 0 Å². The zero-order valence-corrected chi connectivity index (χ0v) is 30.3. The Hall–Kier alpha value is -7.22. The summed E-state index contributed by atoms with van der Waals surface area (Å²) in [5.41, 5.74) is 12.9. The Balaban J connectivity index is 1.17. The fourth-order valence-electron chi connectivity index (χ4n) is 8.21. The van der Waals surface area contributed by atoms with Crippen LogP contribution in [0.4, 0.5) is 17.1 Å². The molecule has 0 amide bonds. The van der Waals surface area contributed by atoms with Crippen molar-refractivity contribution in [3.63, 3.8) is 0 Å². The Morgan fingerprint density at radius 2 is 0.836 bits per heavy atom. The van der Waals surface area contributed by atoms with Crippen molar-refractivity contribution < 1.29 is 0 Å². The minimum absolute atomic E-state index is 1.09. The first kappa shape index (κ1) is 32.4. The molecule has 0 aliphatic heterocycles. The van der Waals surface area contributed by atoms with Crippen LogP contribution in [0.5, 0.6) is 0 Å². The third kappa shape index (κ3) is 6.02. The molecule has 10 aromatic rings. The van der Waals surface area contributed by atoms with Crippen LogP contribution in [0.2, 0.25) is 0 Å². The number of para-hydroxylation sites is 1. The summed E-state index contributed by atoms with van der Waals surface area (Å²) in [6.07, 6.45) is 0. The van der Waals surface area contributed by atoms with Crippen LogP contribution >= 0.6 is 0 Å². The highest BCUT2D eigenvalue weighted by Crippen LogP contribution is 2.45. The fraction of sp³-hybridized carbons (Fsp3) is 0. The van der Waals surface area contributed by atoms with Crippen LogP contribution in [-0.2, 0) is 0 Å². The van der Waals surface area contributed by atoms with Crippen molar-refractivity contribution in [2.24, 2.45) is 0 Å². The molecule has 10 rings (SSSR count). The van der Waals surface area contributed by atoms with Gasteiger partial charge in [-0.15, -0.1) is 0 Å². The average molecular weight is 700 g/mol. The quantitative estimate of drug-likeness (QED) is 0.160. The van der Waals surface area contributed by atoms with Gasteiger partial charge in [0.05, 0.1) is 5.69 Å². The predicted molar refractivity (Wildman–Crippen MR) is 235 cm³/mol. The van der Waals surface area contributed by atoms with E-state index in [0.717, 1.165) is 17.1 Å². The molecule has 1 heteroatoms. The van der Waals surface area contributed by atoms with Gasteiger partial charge in [-0.1, -0.05) is 188 Å². The topological polar surface area (TPSA) is 3.24 Å². The van der Waals surface area contributed by atoms with Crippen LogP contribution in [0, 0.1) is 0 Å². The van der Waals surface area contributed by atoms with Gasteiger partial charge >= 0.3 is 0 Å². The SMILES string of the molecule is c1ccc(-c2cccc3cccc(-c4ccccc4N(c4ccc(-c5ccc6ccccc6c5)cc4)c4cccc(-c5cccc6ccccc56)c4)c23)cc1. The molecule has 0 aromatic heterocycles. The fourth-order valence-corrected chi connectivity index (χ4v) is 8.21. The number of anilines is 3. The molecule has 0 radical (unpaired) electrons. The summed E-state index contributed by atoms with van der Waals surface area (Å²) < 4.78 is 0. The lowest BCUT2D eigenvalue weighted by Crippen LogP contribution is -2.11. The molecular weight excluding hydrogens is 663 g/mol. The van der Waals surface area contributed by atoms with E-state index in [9.17, 15) is 0 Å². The van der Waals surface area contributed by atoms with Gasteiger partial charge in [0.2, 0.25) is 0 Å². The van der Waals surface area contributed by atoms with Crippen LogP contribution in [0.15, 0.2) is 224 Å². The van der Waals surface area contributed by atoms with Gasteiger partial charge < -0.3 is 4.90 Å². The summed E-state index contributed by atoms with van der Waals surface area (Å²) in [6, 6.07) is 81.5. The first-order valence-electron chi connectivity index (χ1n) is 18.9. The second-order valence-corrected chi connectivity index (χ2v) is 14.1. The first-order chi connectivity index (χ1) is 27.3. The van der Waals surface area contributed by atoms with E-state index in [1.165, 1.54) is 76.8 Å². The maximum absolute atomic E-state index is 2.43. The van der Waals surface area contributed by atoms with Gasteiger partial charge in [0.25, 0.3) is 0 Å². The number of nitrogens with zero attached hydrogens (tertiary/aromatic N) is 1. The van der Waals surface area contributed by atoms with Crippen LogP contribution < -0.4 is 4.90 Å². The number of hydrogen-bond donors (Lipinski definition) is 0. The summed E-state index contributed by atoms with van der Waals surface area (Å²) in [5.74, 6) is 0. The Morgan fingerprint density at radius 3 is 1.67 bits per heavy atom. The molecule has 55 heavy (non-hydrogen) atoms. The molecule has 0 saturated carbocycles. The Kier molecular flexibility index (Phi) is 8.24. The third-order valence-corrected chi connectivity index (χ3v) is 10.8. The van der Waals surface area contributed by atoms with Crippen LogP contribution in [-0.4, -0.2) is 0 Å². The van der Waals surface area contributed by atoms with Crippen molar-refractivity contribution in [2.75, 3.05) is 4.90 Å². The third-order valence-electron chi connectivity index (χ3n) is 10.8. The highest BCUT2D eigenvalue weighted by atomic mass is 15.1. The summed E-state index contributed by atoms with van der Waals surface area (Å²) >= 11 is 0. The maximum atomic E-state index is 2.43. The van der Waals surface area contributed by atoms with E-state index in [1.54, 1.807) is 0 Å². The lowest BCUT2D eigenvalue weighted by molar-refractivity contribution is 1.28. The number of benzene rings is 10. The molecule has 0 atom stereocenters. The largest absolute Gasteiger partial charge is 0.310 e. The van der Waals surface area contributed by atoms with Gasteiger partial charge in [0.1, 0.15) is 0 Å². The van der Waals surface area contributed by atoms with E-state index >= 15 is 0 Å². The van der Waals surface area contributed by atoms with Crippen molar-refractivity contribution in [3.05, 3.63) is 224 Å². The predicted octanol–water partition coefficient (Wildman–Crippen LogP) is 15.3. The van der Waals surface area contributed by atoms with E-state index in [1.807, 2.05) is 0 Å². The molecule has 1 nitrogen and oxygen atoms in total. The highest BCUT2D eigenvalue weighted by molar-refractivity contribution is 6.09. The van der Waals surface area contributed by atoms with E-state index < -0.39 is 0 Å².